The van der Waals surface area contributed by atoms with E-state index < -0.39 is 6.04 Å². The van der Waals surface area contributed by atoms with Gasteiger partial charge in [0.2, 0.25) is 11.8 Å². The van der Waals surface area contributed by atoms with Gasteiger partial charge in [0.15, 0.2) is 0 Å². The monoisotopic (exact) mass is 342 g/mol. The molecule has 0 spiro atoms. The molecule has 0 unspecified atom stereocenters. The highest BCUT2D eigenvalue weighted by molar-refractivity contribution is 5.99. The summed E-state index contributed by atoms with van der Waals surface area (Å²) in [6.45, 7) is 2.12. The quantitative estimate of drug-likeness (QED) is 0.878. The maximum atomic E-state index is 13.2. The van der Waals surface area contributed by atoms with Crippen molar-refractivity contribution in [3.8, 4) is 5.75 Å². The summed E-state index contributed by atoms with van der Waals surface area (Å²) in [6.07, 6.45) is 0.891. The smallest absolute Gasteiger partial charge is 0.246 e. The predicted octanol–water partition coefficient (Wildman–Crippen LogP) is 2.93. The second-order valence-electron chi connectivity index (χ2n) is 6.04. The normalized spacial score (nSPS) is 16.4. The lowest BCUT2D eigenvalue weighted by Crippen LogP contribution is -2.37. The molecule has 2 aromatic carbocycles. The van der Waals surface area contributed by atoms with Crippen LogP contribution in [0.4, 0.5) is 10.1 Å². The molecule has 0 bridgehead atoms. The number of hydrogen-bond acceptors (Lipinski definition) is 3. The fourth-order valence-corrected chi connectivity index (χ4v) is 2.69. The SMILES string of the molecule is Cc1cc(OCc2cccc(F)c2)ccc1NC(=O)[C@@H]1CCC(=O)N1. The number of rotatable bonds is 5. The second-order valence-corrected chi connectivity index (χ2v) is 6.04. The molecule has 6 heteroatoms. The molecular formula is C19H19FN2O3. The zero-order valence-corrected chi connectivity index (χ0v) is 13.8. The van der Waals surface area contributed by atoms with Gasteiger partial charge in [-0.2, -0.15) is 0 Å². The van der Waals surface area contributed by atoms with Gasteiger partial charge in [-0.3, -0.25) is 9.59 Å². The number of halogens is 1. The van der Waals surface area contributed by atoms with Gasteiger partial charge >= 0.3 is 0 Å². The van der Waals surface area contributed by atoms with E-state index in [9.17, 15) is 14.0 Å². The molecule has 1 heterocycles. The first-order valence-corrected chi connectivity index (χ1v) is 8.09. The summed E-state index contributed by atoms with van der Waals surface area (Å²) in [7, 11) is 0. The van der Waals surface area contributed by atoms with Gasteiger partial charge in [-0.25, -0.2) is 4.39 Å². The summed E-state index contributed by atoms with van der Waals surface area (Å²) in [5.74, 6) is 0.0172. The standard InChI is InChI=1S/C19H19FN2O3/c1-12-9-15(25-11-13-3-2-4-14(20)10-13)5-6-16(12)22-19(24)17-7-8-18(23)21-17/h2-6,9-10,17H,7-8,11H2,1H3,(H,21,23)(H,22,24)/t17-/m0/s1. The van der Waals surface area contributed by atoms with Crippen molar-refractivity contribution in [2.75, 3.05) is 5.32 Å². The van der Waals surface area contributed by atoms with E-state index in [1.54, 1.807) is 24.3 Å². The molecule has 1 saturated heterocycles. The highest BCUT2D eigenvalue weighted by Crippen LogP contribution is 2.23. The largest absolute Gasteiger partial charge is 0.489 e. The van der Waals surface area contributed by atoms with E-state index in [1.807, 2.05) is 13.0 Å². The van der Waals surface area contributed by atoms with Gasteiger partial charge in [0.05, 0.1) is 0 Å². The number of nitrogens with one attached hydrogen (secondary N) is 2. The summed E-state index contributed by atoms with van der Waals surface area (Å²) < 4.78 is 18.8. The van der Waals surface area contributed by atoms with Crippen LogP contribution in [0.1, 0.15) is 24.0 Å². The summed E-state index contributed by atoms with van der Waals surface area (Å²) in [6, 6.07) is 11.1. The molecule has 5 nitrogen and oxygen atoms in total. The Bertz CT molecular complexity index is 807. The number of anilines is 1. The van der Waals surface area contributed by atoms with E-state index in [0.717, 1.165) is 11.1 Å². The lowest BCUT2D eigenvalue weighted by molar-refractivity contribution is -0.122. The summed E-state index contributed by atoms with van der Waals surface area (Å²) in [5, 5.41) is 5.46. The van der Waals surface area contributed by atoms with Crippen molar-refractivity contribution < 1.29 is 18.7 Å². The number of benzene rings is 2. The van der Waals surface area contributed by atoms with E-state index in [4.69, 9.17) is 4.74 Å². The molecule has 1 aliphatic heterocycles. The lowest BCUT2D eigenvalue weighted by atomic mass is 10.1. The molecule has 1 atom stereocenters. The third-order valence-electron chi connectivity index (χ3n) is 4.06. The zero-order valence-electron chi connectivity index (χ0n) is 13.8. The van der Waals surface area contributed by atoms with Gasteiger partial charge in [-0.1, -0.05) is 12.1 Å². The number of hydrogen-bond donors (Lipinski definition) is 2. The molecule has 2 amide bonds. The zero-order chi connectivity index (χ0) is 17.8. The topological polar surface area (TPSA) is 67.4 Å². The van der Waals surface area contributed by atoms with Crippen LogP contribution in [0.2, 0.25) is 0 Å². The van der Waals surface area contributed by atoms with Crippen LogP contribution >= 0.6 is 0 Å². The highest BCUT2D eigenvalue weighted by atomic mass is 19.1. The van der Waals surface area contributed by atoms with E-state index in [0.29, 0.717) is 24.3 Å². The third-order valence-corrected chi connectivity index (χ3v) is 4.06. The molecule has 25 heavy (non-hydrogen) atoms. The Morgan fingerprint density at radius 2 is 2.16 bits per heavy atom. The molecule has 2 aromatic rings. The Morgan fingerprint density at radius 3 is 2.84 bits per heavy atom. The van der Waals surface area contributed by atoms with Gasteiger partial charge in [0.25, 0.3) is 0 Å². The molecular weight excluding hydrogens is 323 g/mol. The second kappa shape index (κ2) is 7.34. The Hall–Kier alpha value is -2.89. The molecule has 130 valence electrons. The van der Waals surface area contributed by atoms with E-state index in [1.165, 1.54) is 12.1 Å². The minimum atomic E-state index is -0.476. The average Bonchev–Trinajstić information content (AvgIpc) is 3.02. The van der Waals surface area contributed by atoms with Crippen molar-refractivity contribution in [2.24, 2.45) is 0 Å². The molecule has 1 aliphatic rings. The number of carbonyl (C=O) groups is 2. The van der Waals surface area contributed by atoms with Gasteiger partial charge in [0.1, 0.15) is 24.2 Å². The van der Waals surface area contributed by atoms with Crippen molar-refractivity contribution >= 4 is 17.5 Å². The summed E-state index contributed by atoms with van der Waals surface area (Å²) in [4.78, 5) is 23.3. The van der Waals surface area contributed by atoms with Crippen molar-refractivity contribution in [3.05, 3.63) is 59.4 Å². The third kappa shape index (κ3) is 4.35. The van der Waals surface area contributed by atoms with Crippen LogP contribution in [-0.2, 0) is 16.2 Å². The average molecular weight is 342 g/mol. The predicted molar refractivity (Wildman–Crippen MR) is 91.7 cm³/mol. The maximum absolute atomic E-state index is 13.2. The van der Waals surface area contributed by atoms with Gasteiger partial charge in [0, 0.05) is 12.1 Å². The molecule has 1 fully saturated rings. The number of carbonyl (C=O) groups excluding carboxylic acids is 2. The summed E-state index contributed by atoms with van der Waals surface area (Å²) in [5.41, 5.74) is 2.26. The van der Waals surface area contributed by atoms with Crippen LogP contribution in [0.3, 0.4) is 0 Å². The van der Waals surface area contributed by atoms with Gasteiger partial charge in [-0.15, -0.1) is 0 Å². The van der Waals surface area contributed by atoms with Crippen molar-refractivity contribution in [2.45, 2.75) is 32.4 Å². The van der Waals surface area contributed by atoms with E-state index in [-0.39, 0.29) is 24.2 Å². The fraction of sp³-hybridized carbons (Fsp3) is 0.263. The highest BCUT2D eigenvalue weighted by Gasteiger charge is 2.27. The van der Waals surface area contributed by atoms with Crippen molar-refractivity contribution in [1.29, 1.82) is 0 Å². The van der Waals surface area contributed by atoms with Crippen LogP contribution in [0.25, 0.3) is 0 Å². The van der Waals surface area contributed by atoms with Crippen LogP contribution in [0.15, 0.2) is 42.5 Å². The minimum absolute atomic E-state index is 0.0991. The first kappa shape index (κ1) is 17.0. The molecule has 3 rings (SSSR count). The molecule has 0 aliphatic carbocycles. The van der Waals surface area contributed by atoms with Gasteiger partial charge in [-0.05, 0) is 54.8 Å². The number of amides is 2. The molecule has 0 radical (unpaired) electrons. The Morgan fingerprint density at radius 1 is 1.32 bits per heavy atom. The Labute approximate surface area is 145 Å². The lowest BCUT2D eigenvalue weighted by Gasteiger charge is -2.14. The number of ether oxygens (including phenoxy) is 1. The van der Waals surface area contributed by atoms with Crippen LogP contribution in [0.5, 0.6) is 5.75 Å². The van der Waals surface area contributed by atoms with Crippen LogP contribution in [0, 0.1) is 12.7 Å². The van der Waals surface area contributed by atoms with Crippen molar-refractivity contribution in [1.82, 2.24) is 5.32 Å². The molecule has 0 saturated carbocycles. The van der Waals surface area contributed by atoms with E-state index >= 15 is 0 Å². The van der Waals surface area contributed by atoms with Crippen LogP contribution < -0.4 is 15.4 Å². The molecule has 0 aromatic heterocycles. The maximum Gasteiger partial charge on any atom is 0.246 e. The Kier molecular flexibility index (Phi) is 4.97. The van der Waals surface area contributed by atoms with Crippen LogP contribution in [-0.4, -0.2) is 17.9 Å². The van der Waals surface area contributed by atoms with Crippen molar-refractivity contribution in [3.63, 3.8) is 0 Å². The first-order chi connectivity index (χ1) is 12.0. The Balaban J connectivity index is 1.60. The minimum Gasteiger partial charge on any atom is -0.489 e. The fourth-order valence-electron chi connectivity index (χ4n) is 2.69. The first-order valence-electron chi connectivity index (χ1n) is 8.09. The number of aryl methyl sites for hydroxylation is 1. The summed E-state index contributed by atoms with van der Waals surface area (Å²) >= 11 is 0. The molecule has 2 N–H and O–H groups in total. The van der Waals surface area contributed by atoms with E-state index in [2.05, 4.69) is 10.6 Å². The van der Waals surface area contributed by atoms with Gasteiger partial charge < -0.3 is 15.4 Å².